The number of rotatable bonds is 48. The third-order valence-electron chi connectivity index (χ3n) is 14.2. The van der Waals surface area contributed by atoms with E-state index in [2.05, 4.69) is 116 Å². The standard InChI is InChI=1S/2C28H60P.2C2H2N2S2.Ni/c2*1-5-9-13-14-15-16-17-18-19-20-21-22-23-24-28-29(25-10-6-2,26-11-7-3)27-12-8-4;2*3-1-4-2(5)6;/h2*5-28H2,1-4H3;2*(H2,4,5,6);/q2*+1;;;+2/p-4. The molecule has 71 heavy (non-hydrogen) atoms. The number of unbranched alkanes of at least 4 members (excludes halogenated alkanes) is 32. The fraction of sp³-hybridized carbons (Fsp3) is 0.933. The van der Waals surface area contributed by atoms with Gasteiger partial charge in [0.15, 0.2) is 0 Å². The predicted octanol–water partition coefficient (Wildman–Crippen LogP) is 21.6. The Morgan fingerprint density at radius 3 is 0.535 bits per heavy atom. The summed E-state index contributed by atoms with van der Waals surface area (Å²) in [5, 5.41) is 15.3. The molecule has 424 valence electrons. The minimum atomic E-state index is -0.630. The molecule has 0 fully saturated rings. The summed E-state index contributed by atoms with van der Waals surface area (Å²) in [6.07, 6.45) is 74.8. The largest absolute Gasteiger partial charge is 2.00 e. The molecule has 0 N–H and O–H groups in total. The van der Waals surface area contributed by atoms with Crippen molar-refractivity contribution in [2.24, 2.45) is 9.98 Å². The smallest absolute Gasteiger partial charge is 0.788 e. The van der Waals surface area contributed by atoms with Gasteiger partial charge in [-0.1, -0.05) is 248 Å². The maximum Gasteiger partial charge on any atom is 2.00 e. The maximum atomic E-state index is 7.67. The quantitative estimate of drug-likeness (QED) is 0.0115. The second kappa shape index (κ2) is 68.6. The Bertz CT molecular complexity index is 1030. The molecule has 0 aliphatic rings. The van der Waals surface area contributed by atoms with Gasteiger partial charge in [0.1, 0.15) is 0 Å². The molecule has 0 bridgehead atoms. The zero-order chi connectivity index (χ0) is 52.9. The van der Waals surface area contributed by atoms with E-state index in [1.807, 2.05) is 0 Å². The fourth-order valence-corrected chi connectivity index (χ4v) is 20.2. The van der Waals surface area contributed by atoms with Gasteiger partial charge in [-0.25, -0.2) is 18.7 Å². The SMILES string of the molecule is CCCCCCCCCCCCCCCC[P+](CCCC)(CCCC)CCCC.CCCCCCCCCCCCCCCC[P+](CCCC)(CCCC)CCCC.N#CN=C([S-])[S-].N#CN=C([S-])[S-].[Ni+2]. The Morgan fingerprint density at radius 2 is 0.408 bits per heavy atom. The zero-order valence-electron chi connectivity index (χ0n) is 48.6. The zero-order valence-corrected chi connectivity index (χ0v) is 54.6. The molecule has 0 atom stereocenters. The van der Waals surface area contributed by atoms with Crippen molar-refractivity contribution in [3.05, 3.63) is 0 Å². The van der Waals surface area contributed by atoms with E-state index in [1.165, 1.54) is 256 Å². The van der Waals surface area contributed by atoms with Gasteiger partial charge in [0.05, 0.1) is 49.3 Å². The van der Waals surface area contributed by atoms with Crippen molar-refractivity contribution in [3.8, 4) is 12.4 Å². The third-order valence-corrected chi connectivity index (χ3v) is 24.7. The van der Waals surface area contributed by atoms with Crippen LogP contribution in [0.25, 0.3) is 0 Å². The van der Waals surface area contributed by atoms with Crippen LogP contribution in [0.2, 0.25) is 0 Å². The van der Waals surface area contributed by atoms with Crippen LogP contribution in [0.5, 0.6) is 0 Å². The molecule has 0 rings (SSSR count). The first-order chi connectivity index (χ1) is 34.0. The van der Waals surface area contributed by atoms with Crippen molar-refractivity contribution in [2.45, 2.75) is 312 Å². The summed E-state index contributed by atoms with van der Waals surface area (Å²) in [4.78, 5) is 5.95. The Balaban J connectivity index is -0.000000327. The van der Waals surface area contributed by atoms with Gasteiger partial charge in [-0.2, -0.15) is 10.5 Å². The van der Waals surface area contributed by atoms with Gasteiger partial charge in [0.2, 0.25) is 12.4 Å². The normalized spacial score (nSPS) is 10.8. The molecular formula is C60H120N4NiP2S4. The molecule has 11 heteroatoms. The minimum Gasteiger partial charge on any atom is -0.788 e. The van der Waals surface area contributed by atoms with Gasteiger partial charge >= 0.3 is 16.5 Å². The van der Waals surface area contributed by atoms with E-state index in [9.17, 15) is 0 Å². The molecule has 0 heterocycles. The second-order valence-corrected chi connectivity index (χ2v) is 31.7. The van der Waals surface area contributed by atoms with E-state index in [1.54, 1.807) is 62.1 Å². The summed E-state index contributed by atoms with van der Waals surface area (Å²) in [6, 6.07) is 0. The third kappa shape index (κ3) is 66.6. The van der Waals surface area contributed by atoms with Crippen LogP contribution in [0.15, 0.2) is 9.98 Å². The Labute approximate surface area is 481 Å². The molecule has 4 nitrogen and oxygen atoms in total. The van der Waals surface area contributed by atoms with Crippen LogP contribution < -0.4 is 0 Å². The maximum absolute atomic E-state index is 7.67. The number of aliphatic imine (C=N–C) groups is 2. The van der Waals surface area contributed by atoms with Crippen LogP contribution in [0.4, 0.5) is 0 Å². The van der Waals surface area contributed by atoms with E-state index >= 15 is 0 Å². The molecule has 0 saturated carbocycles. The van der Waals surface area contributed by atoms with Crippen molar-refractivity contribution in [1.82, 2.24) is 0 Å². The van der Waals surface area contributed by atoms with Crippen molar-refractivity contribution >= 4 is 73.8 Å². The predicted molar refractivity (Wildman–Crippen MR) is 338 cm³/mol. The summed E-state index contributed by atoms with van der Waals surface area (Å²) >= 11 is 16.9. The average Bonchev–Trinajstić information content (AvgIpc) is 3.35. The van der Waals surface area contributed by atoms with Crippen molar-refractivity contribution < 1.29 is 16.5 Å². The molecule has 0 spiro atoms. The summed E-state index contributed by atoms with van der Waals surface area (Å²) in [5.74, 6) is 0. The monoisotopic (exact) mass is 1140 g/mol. The van der Waals surface area contributed by atoms with Crippen LogP contribution in [-0.2, 0) is 67.0 Å². The van der Waals surface area contributed by atoms with Gasteiger partial charge < -0.3 is 50.5 Å². The van der Waals surface area contributed by atoms with Gasteiger partial charge in [-0.05, 0) is 64.2 Å². The Morgan fingerprint density at radius 1 is 0.268 bits per heavy atom. The average molecular weight is 1150 g/mol. The van der Waals surface area contributed by atoms with E-state index in [0.717, 1.165) is 0 Å². The van der Waals surface area contributed by atoms with Gasteiger partial charge in [0, 0.05) is 14.5 Å². The van der Waals surface area contributed by atoms with Crippen LogP contribution in [0.1, 0.15) is 312 Å². The van der Waals surface area contributed by atoms with Crippen molar-refractivity contribution in [1.29, 1.82) is 10.5 Å². The first-order valence-electron chi connectivity index (χ1n) is 30.3. The van der Waals surface area contributed by atoms with Crippen molar-refractivity contribution in [3.63, 3.8) is 0 Å². The van der Waals surface area contributed by atoms with E-state index in [4.69, 9.17) is 10.5 Å². The molecule has 0 saturated heterocycles. The molecule has 0 aromatic heterocycles. The van der Waals surface area contributed by atoms with E-state index in [-0.39, 0.29) is 25.2 Å². The summed E-state index contributed by atoms with van der Waals surface area (Å²) in [6.45, 7) is 19.0. The summed E-state index contributed by atoms with van der Waals surface area (Å²) in [5.41, 5.74) is 0. The minimum absolute atomic E-state index is 0. The molecular weight excluding hydrogens is 1030 g/mol. The summed E-state index contributed by atoms with van der Waals surface area (Å²) in [7, 11) is -1.26. The fourth-order valence-electron chi connectivity index (χ4n) is 9.67. The topological polar surface area (TPSA) is 72.3 Å². The second-order valence-electron chi connectivity index (χ2n) is 20.7. The molecule has 0 radical (unpaired) electrons. The molecule has 0 aliphatic heterocycles. The molecule has 0 unspecified atom stereocenters. The molecule has 0 aromatic carbocycles. The first-order valence-corrected chi connectivity index (χ1v) is 37.0. The first kappa shape index (κ1) is 80.4. The number of nitrogens with zero attached hydrogens (tertiary/aromatic N) is 4. The van der Waals surface area contributed by atoms with Gasteiger partial charge in [0.25, 0.3) is 0 Å². The van der Waals surface area contributed by atoms with Crippen LogP contribution in [0, 0.1) is 22.9 Å². The Hall–Kier alpha value is 0.554. The van der Waals surface area contributed by atoms with Gasteiger partial charge in [-0.3, -0.25) is 0 Å². The molecule has 0 aromatic rings. The van der Waals surface area contributed by atoms with Crippen LogP contribution >= 0.6 is 14.5 Å². The number of nitriles is 2. The van der Waals surface area contributed by atoms with Crippen molar-refractivity contribution in [2.75, 3.05) is 49.3 Å². The van der Waals surface area contributed by atoms with E-state index < -0.39 is 14.5 Å². The number of hydrogen-bond acceptors (Lipinski definition) is 8. The van der Waals surface area contributed by atoms with Crippen LogP contribution in [-0.4, -0.2) is 58.0 Å². The Kier molecular flexibility index (Phi) is 77.7. The summed E-state index contributed by atoms with van der Waals surface area (Å²) < 4.78 is -0.0602. The number of hydrogen-bond donors (Lipinski definition) is 0. The van der Waals surface area contributed by atoms with E-state index in [0.29, 0.717) is 0 Å². The van der Waals surface area contributed by atoms with Gasteiger partial charge in [-0.15, -0.1) is 0 Å². The molecule has 0 amide bonds. The van der Waals surface area contributed by atoms with Crippen LogP contribution in [0.3, 0.4) is 0 Å². The molecule has 0 aliphatic carbocycles.